The fraction of sp³-hybridized carbons (Fsp3) is 0.364. The van der Waals surface area contributed by atoms with Gasteiger partial charge in [-0.1, -0.05) is 11.2 Å². The molecule has 0 radical (unpaired) electrons. The molecule has 0 fully saturated rings. The number of carbonyl (C=O) groups is 1. The molecule has 6 nitrogen and oxygen atoms in total. The number of pyridine rings is 1. The Bertz CT molecular complexity index is 410. The maximum atomic E-state index is 11.4. The van der Waals surface area contributed by atoms with Crippen LogP contribution in [-0.4, -0.2) is 27.7 Å². The summed E-state index contributed by atoms with van der Waals surface area (Å²) in [5.74, 6) is -0.0557. The van der Waals surface area contributed by atoms with Crippen molar-refractivity contribution in [1.29, 1.82) is 0 Å². The minimum Gasteiger partial charge on any atom is -0.444 e. The van der Waals surface area contributed by atoms with Gasteiger partial charge in [0, 0.05) is 6.20 Å². The molecule has 1 heterocycles. The van der Waals surface area contributed by atoms with Crippen molar-refractivity contribution in [2.24, 2.45) is 5.16 Å². The lowest BCUT2D eigenvalue weighted by molar-refractivity contribution is 0.0561. The summed E-state index contributed by atoms with van der Waals surface area (Å²) in [6.07, 6.45) is 0.827. The Morgan fingerprint density at radius 1 is 1.47 bits per heavy atom. The van der Waals surface area contributed by atoms with Gasteiger partial charge in [-0.3, -0.25) is 10.3 Å². The van der Waals surface area contributed by atoms with Crippen LogP contribution >= 0.6 is 0 Å². The van der Waals surface area contributed by atoms with Crippen LogP contribution < -0.4 is 5.32 Å². The summed E-state index contributed by atoms with van der Waals surface area (Å²) in [4.78, 5) is 15.4. The van der Waals surface area contributed by atoms with Gasteiger partial charge in [0.05, 0.1) is 0 Å². The summed E-state index contributed by atoms with van der Waals surface area (Å²) in [6.45, 7) is 5.22. The average Bonchev–Trinajstić information content (AvgIpc) is 2.24. The van der Waals surface area contributed by atoms with E-state index in [9.17, 15) is 4.79 Å². The minimum atomic E-state index is -0.698. The molecule has 0 bridgehead atoms. The second-order valence-electron chi connectivity index (χ2n) is 4.29. The third-order valence-electron chi connectivity index (χ3n) is 1.63. The van der Waals surface area contributed by atoms with Gasteiger partial charge in [0.2, 0.25) is 5.84 Å². The first-order valence-corrected chi connectivity index (χ1v) is 5.06. The highest BCUT2D eigenvalue weighted by Crippen LogP contribution is 2.06. The Balaban J connectivity index is 2.70. The highest BCUT2D eigenvalue weighted by molar-refractivity contribution is 6.04. The van der Waals surface area contributed by atoms with Crippen molar-refractivity contribution in [2.75, 3.05) is 0 Å². The van der Waals surface area contributed by atoms with E-state index in [2.05, 4.69) is 15.5 Å². The molecule has 0 aliphatic heterocycles. The van der Waals surface area contributed by atoms with E-state index in [0.29, 0.717) is 5.69 Å². The summed E-state index contributed by atoms with van der Waals surface area (Å²) >= 11 is 0. The fourth-order valence-electron chi connectivity index (χ4n) is 1.04. The van der Waals surface area contributed by atoms with Gasteiger partial charge in [0.1, 0.15) is 11.3 Å². The Labute approximate surface area is 99.3 Å². The van der Waals surface area contributed by atoms with Crippen molar-refractivity contribution in [3.63, 3.8) is 0 Å². The van der Waals surface area contributed by atoms with Crippen LogP contribution in [0, 0.1) is 0 Å². The Hall–Kier alpha value is -2.11. The quantitative estimate of drug-likeness (QED) is 0.337. The molecule has 2 N–H and O–H groups in total. The molecule has 0 saturated carbocycles. The van der Waals surface area contributed by atoms with Gasteiger partial charge >= 0.3 is 6.09 Å². The normalized spacial score (nSPS) is 12.1. The van der Waals surface area contributed by atoms with E-state index >= 15 is 0 Å². The predicted octanol–water partition coefficient (Wildman–Crippen LogP) is 1.74. The molecular formula is C11H15N3O3. The number of amides is 1. The first-order valence-electron chi connectivity index (χ1n) is 5.06. The van der Waals surface area contributed by atoms with Crippen molar-refractivity contribution in [3.05, 3.63) is 30.1 Å². The van der Waals surface area contributed by atoms with E-state index in [1.54, 1.807) is 39.0 Å². The van der Waals surface area contributed by atoms with Gasteiger partial charge in [0.15, 0.2) is 0 Å². The number of nitrogens with zero attached hydrogens (tertiary/aromatic N) is 2. The van der Waals surface area contributed by atoms with Gasteiger partial charge in [-0.25, -0.2) is 4.79 Å². The second kappa shape index (κ2) is 5.29. The van der Waals surface area contributed by atoms with Crippen LogP contribution in [0.3, 0.4) is 0 Å². The third-order valence-corrected chi connectivity index (χ3v) is 1.63. The average molecular weight is 237 g/mol. The molecule has 1 aromatic rings. The van der Waals surface area contributed by atoms with Crippen LogP contribution in [-0.2, 0) is 4.74 Å². The van der Waals surface area contributed by atoms with E-state index in [0.717, 1.165) is 0 Å². The molecule has 0 spiro atoms. The number of rotatable bonds is 1. The molecule has 1 aromatic heterocycles. The summed E-state index contributed by atoms with van der Waals surface area (Å²) in [5.41, 5.74) is -0.268. The lowest BCUT2D eigenvalue weighted by Crippen LogP contribution is -2.37. The number of alkyl carbamates (subject to hydrolysis) is 1. The van der Waals surface area contributed by atoms with Crippen molar-refractivity contribution in [2.45, 2.75) is 26.4 Å². The molecular weight excluding hydrogens is 222 g/mol. The van der Waals surface area contributed by atoms with Crippen molar-refractivity contribution in [1.82, 2.24) is 10.3 Å². The van der Waals surface area contributed by atoms with Crippen molar-refractivity contribution >= 4 is 11.9 Å². The number of nitrogens with one attached hydrogen (secondary N) is 1. The van der Waals surface area contributed by atoms with Crippen LogP contribution in [0.15, 0.2) is 29.6 Å². The summed E-state index contributed by atoms with van der Waals surface area (Å²) < 4.78 is 5.02. The largest absolute Gasteiger partial charge is 0.444 e. The smallest absolute Gasteiger partial charge is 0.413 e. The predicted molar refractivity (Wildman–Crippen MR) is 61.9 cm³/mol. The van der Waals surface area contributed by atoms with E-state index in [-0.39, 0.29) is 5.84 Å². The van der Waals surface area contributed by atoms with Gasteiger partial charge in [0.25, 0.3) is 0 Å². The van der Waals surface area contributed by atoms with Crippen molar-refractivity contribution in [3.8, 4) is 0 Å². The topological polar surface area (TPSA) is 83.8 Å². The molecule has 1 amide bonds. The molecule has 6 heteroatoms. The monoisotopic (exact) mass is 237 g/mol. The summed E-state index contributed by atoms with van der Waals surface area (Å²) in [7, 11) is 0. The zero-order chi connectivity index (χ0) is 12.9. The van der Waals surface area contributed by atoms with Gasteiger partial charge < -0.3 is 9.94 Å². The molecule has 92 valence electrons. The van der Waals surface area contributed by atoms with Crippen LogP contribution in [0.5, 0.6) is 0 Å². The molecule has 0 aromatic carbocycles. The first-order chi connectivity index (χ1) is 7.92. The zero-order valence-electron chi connectivity index (χ0n) is 9.97. The number of oxime groups is 1. The number of hydrogen-bond acceptors (Lipinski definition) is 5. The number of ether oxygens (including phenoxy) is 1. The lowest BCUT2D eigenvalue weighted by Gasteiger charge is -2.19. The molecule has 17 heavy (non-hydrogen) atoms. The van der Waals surface area contributed by atoms with E-state index < -0.39 is 11.7 Å². The van der Waals surface area contributed by atoms with Crippen LogP contribution in [0.1, 0.15) is 26.5 Å². The van der Waals surface area contributed by atoms with Gasteiger partial charge in [-0.05, 0) is 32.9 Å². The highest BCUT2D eigenvalue weighted by Gasteiger charge is 2.18. The summed E-state index contributed by atoms with van der Waals surface area (Å²) in [5, 5.41) is 14.1. The van der Waals surface area contributed by atoms with Gasteiger partial charge in [-0.15, -0.1) is 0 Å². The maximum Gasteiger partial charge on any atom is 0.413 e. The van der Waals surface area contributed by atoms with Crippen molar-refractivity contribution < 1.29 is 14.7 Å². The lowest BCUT2D eigenvalue weighted by atomic mass is 10.2. The number of carbonyl (C=O) groups excluding carboxylic acids is 1. The number of hydrogen-bond donors (Lipinski definition) is 2. The molecule has 0 atom stereocenters. The Morgan fingerprint density at radius 2 is 2.18 bits per heavy atom. The van der Waals surface area contributed by atoms with E-state index in [4.69, 9.17) is 9.94 Å². The molecule has 1 rings (SSSR count). The molecule has 0 unspecified atom stereocenters. The third kappa shape index (κ3) is 4.50. The van der Waals surface area contributed by atoms with Gasteiger partial charge in [-0.2, -0.15) is 0 Å². The van der Waals surface area contributed by atoms with Crippen LogP contribution in [0.25, 0.3) is 0 Å². The van der Waals surface area contributed by atoms with Crippen LogP contribution in [0.2, 0.25) is 0 Å². The second-order valence-corrected chi connectivity index (χ2v) is 4.29. The first kappa shape index (κ1) is 13.0. The zero-order valence-corrected chi connectivity index (χ0v) is 9.97. The highest BCUT2D eigenvalue weighted by atomic mass is 16.6. The Kier molecular flexibility index (Phi) is 4.03. The molecule has 0 aliphatic rings. The molecule has 0 aliphatic carbocycles. The molecule has 0 saturated heterocycles. The number of aromatic nitrogens is 1. The Morgan fingerprint density at radius 3 is 2.65 bits per heavy atom. The SMILES string of the molecule is CC(C)(C)OC(=O)NC(=NO)c1ccccn1. The van der Waals surface area contributed by atoms with E-state index in [1.807, 2.05) is 0 Å². The minimum absolute atomic E-state index is 0.0557. The summed E-state index contributed by atoms with van der Waals surface area (Å²) in [6, 6.07) is 5.03. The van der Waals surface area contributed by atoms with E-state index in [1.165, 1.54) is 6.20 Å². The van der Waals surface area contributed by atoms with Crippen LogP contribution in [0.4, 0.5) is 4.79 Å². The number of amidine groups is 1. The maximum absolute atomic E-state index is 11.4. The standard InChI is InChI=1S/C11H15N3O3/c1-11(2,3)17-10(15)13-9(14-16)8-6-4-5-7-12-8/h4-7,16H,1-3H3,(H,13,14,15). The fourth-order valence-corrected chi connectivity index (χ4v) is 1.04.